The van der Waals surface area contributed by atoms with Gasteiger partial charge in [0.2, 0.25) is 0 Å². The molecule has 1 amide bonds. The molecule has 0 atom stereocenters. The lowest BCUT2D eigenvalue weighted by atomic mass is 10.1. The molecule has 2 heterocycles. The predicted molar refractivity (Wildman–Crippen MR) is 79.3 cm³/mol. The number of amides is 1. The Morgan fingerprint density at radius 1 is 1.48 bits per heavy atom. The molecule has 0 saturated carbocycles. The van der Waals surface area contributed by atoms with Crippen LogP contribution in [0.2, 0.25) is 0 Å². The summed E-state index contributed by atoms with van der Waals surface area (Å²) >= 11 is 0. The first kappa shape index (κ1) is 15.6. The summed E-state index contributed by atoms with van der Waals surface area (Å²) in [6.07, 6.45) is 3.47. The summed E-state index contributed by atoms with van der Waals surface area (Å²) in [7, 11) is 1.67. The Morgan fingerprint density at radius 3 is 2.81 bits per heavy atom. The van der Waals surface area contributed by atoms with Crippen molar-refractivity contribution in [2.75, 3.05) is 32.1 Å². The highest BCUT2D eigenvalue weighted by molar-refractivity contribution is 5.69. The molecule has 1 saturated heterocycles. The Morgan fingerprint density at radius 2 is 2.19 bits per heavy atom. The summed E-state index contributed by atoms with van der Waals surface area (Å²) < 4.78 is 12.2. The molecule has 7 heteroatoms. The smallest absolute Gasteiger partial charge is 0.410 e. The first-order valence-electron chi connectivity index (χ1n) is 7.13. The number of carbonyl (C=O) groups is 1. The highest BCUT2D eigenvalue weighted by atomic mass is 16.6. The van der Waals surface area contributed by atoms with Gasteiger partial charge in [0, 0.05) is 26.4 Å². The molecule has 2 rings (SSSR count). The molecule has 1 aliphatic rings. The zero-order chi connectivity index (χ0) is 15.5. The zero-order valence-corrected chi connectivity index (χ0v) is 13.1. The van der Waals surface area contributed by atoms with E-state index in [4.69, 9.17) is 9.47 Å². The molecule has 7 nitrogen and oxygen atoms in total. The number of carbonyl (C=O) groups excluding carboxylic acids is 1. The fraction of sp³-hybridized carbons (Fsp3) is 0.714. The fourth-order valence-corrected chi connectivity index (χ4v) is 2.03. The Balaban J connectivity index is 1.73. The molecular formula is C14H24N4O3. The third kappa shape index (κ3) is 4.63. The van der Waals surface area contributed by atoms with Crippen molar-refractivity contribution in [1.29, 1.82) is 0 Å². The molecule has 0 unspecified atom stereocenters. The fourth-order valence-electron chi connectivity index (χ4n) is 2.03. The number of nitrogens with one attached hydrogen (secondary N) is 1. The minimum Gasteiger partial charge on any atom is -0.444 e. The van der Waals surface area contributed by atoms with Gasteiger partial charge in [-0.1, -0.05) is 0 Å². The van der Waals surface area contributed by atoms with Gasteiger partial charge in [0.05, 0.1) is 31.1 Å². The van der Waals surface area contributed by atoms with Crippen LogP contribution in [0.3, 0.4) is 0 Å². The standard InChI is InChI=1S/C14H24N4O3/c1-14(2,3)21-13(19)17-8-12(9-17)16-11-7-15-18(10-11)5-6-20-4/h7,10,12,16H,5-6,8-9H2,1-4H3. The van der Waals surface area contributed by atoms with E-state index in [1.165, 1.54) is 0 Å². The number of rotatable bonds is 5. The third-order valence-electron chi connectivity index (χ3n) is 3.06. The highest BCUT2D eigenvalue weighted by Crippen LogP contribution is 2.18. The van der Waals surface area contributed by atoms with E-state index in [0.29, 0.717) is 19.7 Å². The van der Waals surface area contributed by atoms with Crippen LogP contribution in [0.1, 0.15) is 20.8 Å². The second-order valence-corrected chi connectivity index (χ2v) is 6.21. The van der Waals surface area contributed by atoms with E-state index in [2.05, 4.69) is 10.4 Å². The van der Waals surface area contributed by atoms with Gasteiger partial charge in [-0.2, -0.15) is 5.10 Å². The predicted octanol–water partition coefficient (Wildman–Crippen LogP) is 1.56. The van der Waals surface area contributed by atoms with Crippen LogP contribution < -0.4 is 5.32 Å². The van der Waals surface area contributed by atoms with Crippen LogP contribution in [-0.4, -0.2) is 59.2 Å². The number of hydrogen-bond donors (Lipinski definition) is 1. The van der Waals surface area contributed by atoms with Crippen LogP contribution in [-0.2, 0) is 16.0 Å². The van der Waals surface area contributed by atoms with E-state index in [1.807, 2.05) is 31.6 Å². The molecule has 1 aromatic rings. The topological polar surface area (TPSA) is 68.6 Å². The van der Waals surface area contributed by atoms with E-state index in [9.17, 15) is 4.79 Å². The van der Waals surface area contributed by atoms with E-state index >= 15 is 0 Å². The van der Waals surface area contributed by atoms with Gasteiger partial charge in [0.25, 0.3) is 0 Å². The number of ether oxygens (including phenoxy) is 2. The molecule has 0 radical (unpaired) electrons. The van der Waals surface area contributed by atoms with Gasteiger partial charge in [-0.15, -0.1) is 0 Å². The summed E-state index contributed by atoms with van der Waals surface area (Å²) in [5, 5.41) is 7.59. The van der Waals surface area contributed by atoms with Gasteiger partial charge in [-0.25, -0.2) is 4.79 Å². The lowest BCUT2D eigenvalue weighted by molar-refractivity contribution is 0.0105. The van der Waals surface area contributed by atoms with Crippen molar-refractivity contribution in [3.05, 3.63) is 12.4 Å². The molecule has 0 spiro atoms. The lowest BCUT2D eigenvalue weighted by Gasteiger charge is -2.40. The number of likely N-dealkylation sites (tertiary alicyclic amines) is 1. The summed E-state index contributed by atoms with van der Waals surface area (Å²) in [4.78, 5) is 13.5. The SMILES string of the molecule is COCCn1cc(NC2CN(C(=O)OC(C)(C)C)C2)cn1. The Hall–Kier alpha value is -1.76. The first-order chi connectivity index (χ1) is 9.87. The maximum Gasteiger partial charge on any atom is 0.410 e. The summed E-state index contributed by atoms with van der Waals surface area (Å²) in [5.41, 5.74) is 0.512. The summed E-state index contributed by atoms with van der Waals surface area (Å²) in [5.74, 6) is 0. The number of methoxy groups -OCH3 is 1. The average Bonchev–Trinajstić information content (AvgIpc) is 2.76. The first-order valence-corrected chi connectivity index (χ1v) is 7.13. The van der Waals surface area contributed by atoms with Gasteiger partial charge in [0.1, 0.15) is 5.60 Å². The minimum atomic E-state index is -0.446. The molecule has 1 fully saturated rings. The Bertz CT molecular complexity index is 475. The maximum atomic E-state index is 11.8. The second-order valence-electron chi connectivity index (χ2n) is 6.21. The van der Waals surface area contributed by atoms with Crippen LogP contribution in [0, 0.1) is 0 Å². The van der Waals surface area contributed by atoms with Crippen molar-refractivity contribution >= 4 is 11.8 Å². The largest absolute Gasteiger partial charge is 0.444 e. The van der Waals surface area contributed by atoms with Crippen LogP contribution in [0.4, 0.5) is 10.5 Å². The highest BCUT2D eigenvalue weighted by Gasteiger charge is 2.33. The Labute approximate surface area is 125 Å². The molecule has 1 aliphatic heterocycles. The molecule has 0 aromatic carbocycles. The van der Waals surface area contributed by atoms with Crippen molar-refractivity contribution < 1.29 is 14.3 Å². The quantitative estimate of drug-likeness (QED) is 0.893. The molecule has 0 aliphatic carbocycles. The average molecular weight is 296 g/mol. The lowest BCUT2D eigenvalue weighted by Crippen LogP contribution is -2.57. The van der Waals surface area contributed by atoms with Crippen molar-refractivity contribution in [2.24, 2.45) is 0 Å². The summed E-state index contributed by atoms with van der Waals surface area (Å²) in [6.45, 7) is 8.28. The van der Waals surface area contributed by atoms with Crippen LogP contribution >= 0.6 is 0 Å². The van der Waals surface area contributed by atoms with Crippen molar-refractivity contribution in [3.63, 3.8) is 0 Å². The molecule has 118 valence electrons. The monoisotopic (exact) mass is 296 g/mol. The molecular weight excluding hydrogens is 272 g/mol. The number of anilines is 1. The van der Waals surface area contributed by atoms with Crippen LogP contribution in [0.25, 0.3) is 0 Å². The Kier molecular flexibility index (Phi) is 4.72. The molecule has 1 aromatic heterocycles. The van der Waals surface area contributed by atoms with E-state index in [1.54, 1.807) is 18.2 Å². The van der Waals surface area contributed by atoms with Gasteiger partial charge in [0.15, 0.2) is 0 Å². The van der Waals surface area contributed by atoms with E-state index in [-0.39, 0.29) is 12.1 Å². The van der Waals surface area contributed by atoms with Crippen molar-refractivity contribution in [1.82, 2.24) is 14.7 Å². The van der Waals surface area contributed by atoms with Crippen LogP contribution in [0.5, 0.6) is 0 Å². The third-order valence-corrected chi connectivity index (χ3v) is 3.06. The van der Waals surface area contributed by atoms with Gasteiger partial charge in [-0.05, 0) is 20.8 Å². The normalized spacial score (nSPS) is 15.7. The minimum absolute atomic E-state index is 0.248. The molecule has 1 N–H and O–H groups in total. The molecule has 0 bridgehead atoms. The van der Waals surface area contributed by atoms with Gasteiger partial charge in [-0.3, -0.25) is 4.68 Å². The van der Waals surface area contributed by atoms with Crippen molar-refractivity contribution in [2.45, 2.75) is 39.0 Å². The van der Waals surface area contributed by atoms with E-state index in [0.717, 1.165) is 12.2 Å². The number of hydrogen-bond acceptors (Lipinski definition) is 5. The van der Waals surface area contributed by atoms with Gasteiger partial charge < -0.3 is 19.7 Å². The van der Waals surface area contributed by atoms with E-state index < -0.39 is 5.60 Å². The zero-order valence-electron chi connectivity index (χ0n) is 13.1. The summed E-state index contributed by atoms with van der Waals surface area (Å²) in [6, 6.07) is 0.248. The number of aromatic nitrogens is 2. The second kappa shape index (κ2) is 6.34. The van der Waals surface area contributed by atoms with Crippen molar-refractivity contribution in [3.8, 4) is 0 Å². The molecule has 21 heavy (non-hydrogen) atoms. The van der Waals surface area contributed by atoms with Crippen LogP contribution in [0.15, 0.2) is 12.4 Å². The number of nitrogens with zero attached hydrogens (tertiary/aromatic N) is 3. The van der Waals surface area contributed by atoms with Gasteiger partial charge >= 0.3 is 6.09 Å². The maximum absolute atomic E-state index is 11.8.